The summed E-state index contributed by atoms with van der Waals surface area (Å²) in [7, 11) is 1.47. The van der Waals surface area contributed by atoms with Crippen LogP contribution in [0.5, 0.6) is 0 Å². The minimum absolute atomic E-state index is 0.0304. The fraction of sp³-hybridized carbons (Fsp3) is 0.857. The minimum Gasteiger partial charge on any atom is -0.462 e. The molecule has 1 N–H and O–H groups in total. The molecule has 0 bridgehead atoms. The standard InChI is InChI=1S/C42H80NO8P/c1-6-8-10-12-14-16-18-20-21-23-25-27-29-31-33-35-42(45)51-40(39-50-52(46,47)49-37-36-43(3,4)5)38-48-41(44)34-32-30-28-26-24-22-19-17-15-13-11-9-7-2/h14,16,20-21,40H,6-13,15,17-19,22-39H2,1-5H3/p+1/b16-14+,21-20+/t40-/m1/s1. The molecule has 0 aromatic rings. The Bertz CT molecular complexity index is 949. The average molecular weight is 759 g/mol. The van der Waals surface area contributed by atoms with Gasteiger partial charge >= 0.3 is 19.8 Å². The molecule has 9 nitrogen and oxygen atoms in total. The van der Waals surface area contributed by atoms with Gasteiger partial charge in [-0.25, -0.2) is 4.57 Å². The molecule has 0 aromatic carbocycles. The number of quaternary nitrogens is 1. The van der Waals surface area contributed by atoms with E-state index in [1.54, 1.807) is 0 Å². The van der Waals surface area contributed by atoms with Gasteiger partial charge < -0.3 is 18.9 Å². The van der Waals surface area contributed by atoms with E-state index in [4.69, 9.17) is 18.5 Å². The maximum atomic E-state index is 12.6. The molecular weight excluding hydrogens is 677 g/mol. The Kier molecular flexibility index (Phi) is 34.2. The summed E-state index contributed by atoms with van der Waals surface area (Å²) in [5.41, 5.74) is 0. The van der Waals surface area contributed by atoms with Crippen LogP contribution in [0.4, 0.5) is 0 Å². The van der Waals surface area contributed by atoms with E-state index >= 15 is 0 Å². The number of hydrogen-bond acceptors (Lipinski definition) is 7. The van der Waals surface area contributed by atoms with E-state index in [-0.39, 0.29) is 32.0 Å². The molecule has 52 heavy (non-hydrogen) atoms. The van der Waals surface area contributed by atoms with Crippen molar-refractivity contribution in [3.8, 4) is 0 Å². The highest BCUT2D eigenvalue weighted by Crippen LogP contribution is 2.43. The van der Waals surface area contributed by atoms with Gasteiger partial charge in [0.2, 0.25) is 0 Å². The normalized spacial score (nSPS) is 13.9. The van der Waals surface area contributed by atoms with Crippen molar-refractivity contribution >= 4 is 19.8 Å². The molecule has 0 amide bonds. The van der Waals surface area contributed by atoms with Crippen LogP contribution < -0.4 is 0 Å². The van der Waals surface area contributed by atoms with Crippen LogP contribution in [0, 0.1) is 0 Å². The van der Waals surface area contributed by atoms with Crippen molar-refractivity contribution < 1.29 is 42.1 Å². The van der Waals surface area contributed by atoms with Crippen molar-refractivity contribution in [3.05, 3.63) is 24.3 Å². The molecule has 0 saturated heterocycles. The van der Waals surface area contributed by atoms with Gasteiger partial charge in [0.25, 0.3) is 0 Å². The fourth-order valence-electron chi connectivity index (χ4n) is 5.63. The summed E-state index contributed by atoms with van der Waals surface area (Å²) in [5, 5.41) is 0. The van der Waals surface area contributed by atoms with Crippen molar-refractivity contribution in [2.24, 2.45) is 0 Å². The lowest BCUT2D eigenvalue weighted by atomic mass is 10.0. The van der Waals surface area contributed by atoms with E-state index in [0.29, 0.717) is 17.4 Å². The van der Waals surface area contributed by atoms with E-state index in [0.717, 1.165) is 57.8 Å². The second kappa shape index (κ2) is 35.2. The van der Waals surface area contributed by atoms with Gasteiger partial charge in [-0.2, -0.15) is 0 Å². The quantitative estimate of drug-likeness (QED) is 0.0218. The monoisotopic (exact) mass is 759 g/mol. The van der Waals surface area contributed by atoms with E-state index in [1.165, 1.54) is 89.9 Å². The number of phosphoric ester groups is 1. The van der Waals surface area contributed by atoms with Gasteiger partial charge in [-0.05, 0) is 44.9 Å². The Balaban J connectivity index is 4.41. The highest BCUT2D eigenvalue weighted by molar-refractivity contribution is 7.47. The van der Waals surface area contributed by atoms with E-state index < -0.39 is 26.5 Å². The number of nitrogens with zero attached hydrogens (tertiary/aromatic N) is 1. The van der Waals surface area contributed by atoms with Crippen LogP contribution in [0.25, 0.3) is 0 Å². The van der Waals surface area contributed by atoms with Gasteiger partial charge in [0.05, 0.1) is 27.7 Å². The predicted molar refractivity (Wildman–Crippen MR) is 215 cm³/mol. The minimum atomic E-state index is -4.37. The maximum Gasteiger partial charge on any atom is 0.472 e. The molecule has 2 atom stereocenters. The Labute approximate surface area is 319 Å². The van der Waals surface area contributed by atoms with Crippen molar-refractivity contribution in [1.82, 2.24) is 0 Å². The number of rotatable bonds is 38. The average Bonchev–Trinajstić information content (AvgIpc) is 3.09. The van der Waals surface area contributed by atoms with Gasteiger partial charge in [-0.1, -0.05) is 147 Å². The van der Waals surface area contributed by atoms with Crippen molar-refractivity contribution in [2.75, 3.05) is 47.5 Å². The summed E-state index contributed by atoms with van der Waals surface area (Å²) in [6.45, 7) is 4.38. The van der Waals surface area contributed by atoms with Gasteiger partial charge in [-0.3, -0.25) is 18.6 Å². The molecule has 306 valence electrons. The topological polar surface area (TPSA) is 108 Å². The molecule has 1 unspecified atom stereocenters. The van der Waals surface area contributed by atoms with Crippen LogP contribution in [0.1, 0.15) is 181 Å². The largest absolute Gasteiger partial charge is 0.472 e. The van der Waals surface area contributed by atoms with Gasteiger partial charge in [0.15, 0.2) is 6.10 Å². The van der Waals surface area contributed by atoms with Crippen LogP contribution in [0.2, 0.25) is 0 Å². The lowest BCUT2D eigenvalue weighted by Gasteiger charge is -2.24. The molecule has 0 aromatic heterocycles. The number of unbranched alkanes of at least 4 members (excludes halogenated alkanes) is 20. The summed E-state index contributed by atoms with van der Waals surface area (Å²) in [5.74, 6) is -0.810. The highest BCUT2D eigenvalue weighted by atomic mass is 31.2. The second-order valence-corrected chi connectivity index (χ2v) is 16.8. The zero-order valence-corrected chi connectivity index (χ0v) is 35.2. The van der Waals surface area contributed by atoms with E-state index in [1.807, 2.05) is 21.1 Å². The predicted octanol–water partition coefficient (Wildman–Crippen LogP) is 11.6. The lowest BCUT2D eigenvalue weighted by molar-refractivity contribution is -0.870. The summed E-state index contributed by atoms with van der Waals surface area (Å²) >= 11 is 0. The maximum absolute atomic E-state index is 12.6. The molecule has 0 radical (unpaired) electrons. The summed E-state index contributed by atoms with van der Waals surface area (Å²) < 4.78 is 34.2. The van der Waals surface area contributed by atoms with Crippen LogP contribution >= 0.6 is 7.82 Å². The van der Waals surface area contributed by atoms with E-state index in [2.05, 4.69) is 38.2 Å². The van der Waals surface area contributed by atoms with Crippen molar-refractivity contribution in [2.45, 2.75) is 187 Å². The van der Waals surface area contributed by atoms with Gasteiger partial charge in [-0.15, -0.1) is 0 Å². The summed E-state index contributed by atoms with van der Waals surface area (Å²) in [6, 6.07) is 0. The second-order valence-electron chi connectivity index (χ2n) is 15.4. The van der Waals surface area contributed by atoms with Crippen molar-refractivity contribution in [3.63, 3.8) is 0 Å². The molecule has 0 fully saturated rings. The molecular formula is C42H81NO8P+. The molecule has 0 spiro atoms. The third-order valence-corrected chi connectivity index (χ3v) is 9.97. The third kappa shape index (κ3) is 38.2. The molecule has 0 aliphatic heterocycles. The number of phosphoric acid groups is 1. The van der Waals surface area contributed by atoms with Crippen molar-refractivity contribution in [1.29, 1.82) is 0 Å². The smallest absolute Gasteiger partial charge is 0.462 e. The first-order valence-electron chi connectivity index (χ1n) is 21.1. The Morgan fingerprint density at radius 3 is 1.56 bits per heavy atom. The SMILES string of the molecule is CCCCC/C=C/C/C=C/CCCCCCCC(=O)O[C@H](COC(=O)CCCCCCCCCCCCCCC)COP(=O)(O)OCC[N+](C)(C)C. The zero-order chi connectivity index (χ0) is 38.6. The van der Waals surface area contributed by atoms with Crippen LogP contribution in [-0.4, -0.2) is 74.9 Å². The molecule has 0 rings (SSSR count). The molecule has 0 aliphatic rings. The Morgan fingerprint density at radius 2 is 1.04 bits per heavy atom. The number of carbonyl (C=O) groups excluding carboxylic acids is 2. The fourth-order valence-corrected chi connectivity index (χ4v) is 6.37. The van der Waals surface area contributed by atoms with Crippen LogP contribution in [0.3, 0.4) is 0 Å². The third-order valence-electron chi connectivity index (χ3n) is 8.98. The Hall–Kier alpha value is -1.51. The summed E-state index contributed by atoms with van der Waals surface area (Å²) in [4.78, 5) is 35.3. The number of likely N-dealkylation sites (N-methyl/N-ethyl adjacent to an activating group) is 1. The number of ether oxygens (including phenoxy) is 2. The van der Waals surface area contributed by atoms with Crippen LogP contribution in [-0.2, 0) is 32.7 Å². The molecule has 10 heteroatoms. The first kappa shape index (κ1) is 50.5. The Morgan fingerprint density at radius 1 is 0.596 bits per heavy atom. The lowest BCUT2D eigenvalue weighted by Crippen LogP contribution is -2.37. The summed E-state index contributed by atoms with van der Waals surface area (Å²) in [6.07, 6.45) is 36.4. The van der Waals surface area contributed by atoms with Crippen LogP contribution in [0.15, 0.2) is 24.3 Å². The van der Waals surface area contributed by atoms with Gasteiger partial charge in [0.1, 0.15) is 19.8 Å². The molecule has 0 saturated carbocycles. The zero-order valence-electron chi connectivity index (χ0n) is 34.3. The molecule has 0 aliphatic carbocycles. The number of allylic oxidation sites excluding steroid dienone is 4. The first-order valence-corrected chi connectivity index (χ1v) is 22.6. The first-order chi connectivity index (χ1) is 25.0. The van der Waals surface area contributed by atoms with Gasteiger partial charge in [0, 0.05) is 12.8 Å². The number of esters is 2. The number of carbonyl (C=O) groups is 2. The molecule has 0 heterocycles. The number of hydrogen-bond donors (Lipinski definition) is 1. The highest BCUT2D eigenvalue weighted by Gasteiger charge is 2.27. The van der Waals surface area contributed by atoms with E-state index in [9.17, 15) is 19.0 Å².